The van der Waals surface area contributed by atoms with Crippen molar-refractivity contribution in [2.75, 3.05) is 13.2 Å². The molecule has 0 heterocycles. The SMILES string of the molecule is CC/C=C/C(=O)OCC(=O)NNC(=O)COc1ccc(Br)cc1. The maximum Gasteiger partial charge on any atom is 0.330 e. The molecule has 0 saturated carbocycles. The van der Waals surface area contributed by atoms with Crippen LogP contribution in [0.4, 0.5) is 0 Å². The molecule has 0 fully saturated rings. The highest BCUT2D eigenvalue weighted by molar-refractivity contribution is 9.10. The molecule has 1 rings (SSSR count). The van der Waals surface area contributed by atoms with Gasteiger partial charge >= 0.3 is 5.97 Å². The molecule has 0 radical (unpaired) electrons. The van der Waals surface area contributed by atoms with Gasteiger partial charge in [0.05, 0.1) is 0 Å². The van der Waals surface area contributed by atoms with Gasteiger partial charge in [0, 0.05) is 10.5 Å². The number of amides is 2. The molecule has 1 aromatic rings. The van der Waals surface area contributed by atoms with Crippen molar-refractivity contribution >= 4 is 33.7 Å². The van der Waals surface area contributed by atoms with Crippen LogP contribution in [0.25, 0.3) is 0 Å². The first-order valence-corrected chi connectivity index (χ1v) is 7.60. The van der Waals surface area contributed by atoms with E-state index in [0.717, 1.165) is 4.47 Å². The number of hydrogen-bond acceptors (Lipinski definition) is 5. The van der Waals surface area contributed by atoms with Gasteiger partial charge in [0.15, 0.2) is 13.2 Å². The van der Waals surface area contributed by atoms with E-state index in [2.05, 4.69) is 31.5 Å². The summed E-state index contributed by atoms with van der Waals surface area (Å²) in [6.07, 6.45) is 3.54. The molecular weight excluding hydrogens is 368 g/mol. The molecule has 0 atom stereocenters. The average molecular weight is 385 g/mol. The molecule has 1 aromatic carbocycles. The summed E-state index contributed by atoms with van der Waals surface area (Å²) in [6, 6.07) is 6.94. The van der Waals surface area contributed by atoms with Gasteiger partial charge in [-0.15, -0.1) is 0 Å². The maximum absolute atomic E-state index is 11.5. The van der Waals surface area contributed by atoms with E-state index in [0.29, 0.717) is 12.2 Å². The predicted octanol–water partition coefficient (Wildman–Crippen LogP) is 1.48. The molecule has 0 aliphatic carbocycles. The number of hydrazine groups is 1. The first-order chi connectivity index (χ1) is 11.0. The number of carbonyl (C=O) groups is 3. The predicted molar refractivity (Wildman–Crippen MR) is 86.3 cm³/mol. The summed E-state index contributed by atoms with van der Waals surface area (Å²) in [5, 5.41) is 0. The lowest BCUT2D eigenvalue weighted by Gasteiger charge is -2.08. The highest BCUT2D eigenvalue weighted by atomic mass is 79.9. The third-order valence-electron chi connectivity index (χ3n) is 2.36. The Hall–Kier alpha value is -2.35. The number of ether oxygens (including phenoxy) is 2. The summed E-state index contributed by atoms with van der Waals surface area (Å²) >= 11 is 3.28. The Labute approximate surface area is 142 Å². The zero-order valence-corrected chi connectivity index (χ0v) is 14.1. The first-order valence-electron chi connectivity index (χ1n) is 6.80. The fourth-order valence-corrected chi connectivity index (χ4v) is 1.55. The summed E-state index contributed by atoms with van der Waals surface area (Å²) < 4.78 is 10.8. The van der Waals surface area contributed by atoms with Gasteiger partial charge in [-0.25, -0.2) is 4.79 Å². The Kier molecular flexibility index (Phi) is 8.45. The van der Waals surface area contributed by atoms with Crippen LogP contribution in [0.5, 0.6) is 5.75 Å². The minimum Gasteiger partial charge on any atom is -0.484 e. The van der Waals surface area contributed by atoms with Crippen molar-refractivity contribution in [3.05, 3.63) is 40.9 Å². The smallest absolute Gasteiger partial charge is 0.330 e. The number of benzene rings is 1. The van der Waals surface area contributed by atoms with Crippen molar-refractivity contribution < 1.29 is 23.9 Å². The van der Waals surface area contributed by atoms with Gasteiger partial charge in [-0.3, -0.25) is 20.4 Å². The van der Waals surface area contributed by atoms with Gasteiger partial charge in [-0.2, -0.15) is 0 Å². The van der Waals surface area contributed by atoms with E-state index in [4.69, 9.17) is 4.74 Å². The van der Waals surface area contributed by atoms with E-state index in [1.807, 2.05) is 6.92 Å². The summed E-state index contributed by atoms with van der Waals surface area (Å²) in [4.78, 5) is 34.0. The lowest BCUT2D eigenvalue weighted by atomic mass is 10.3. The van der Waals surface area contributed by atoms with Crippen molar-refractivity contribution in [1.29, 1.82) is 0 Å². The second kappa shape index (κ2) is 10.4. The standard InChI is InChI=1S/C15H17BrN2O5/c1-2-3-4-15(21)23-10-14(20)18-17-13(19)9-22-12-7-5-11(16)6-8-12/h3-8H,2,9-10H2,1H3,(H,17,19)(H,18,20)/b4-3+. The normalized spacial score (nSPS) is 10.2. The van der Waals surface area contributed by atoms with Crippen LogP contribution >= 0.6 is 15.9 Å². The number of carbonyl (C=O) groups excluding carboxylic acids is 3. The molecule has 8 heteroatoms. The Morgan fingerprint density at radius 1 is 1.09 bits per heavy atom. The zero-order valence-electron chi connectivity index (χ0n) is 12.5. The van der Waals surface area contributed by atoms with Crippen LogP contribution in [0.3, 0.4) is 0 Å². The largest absolute Gasteiger partial charge is 0.484 e. The van der Waals surface area contributed by atoms with E-state index < -0.39 is 24.4 Å². The van der Waals surface area contributed by atoms with Crippen molar-refractivity contribution in [1.82, 2.24) is 10.9 Å². The van der Waals surface area contributed by atoms with Crippen LogP contribution in [0.1, 0.15) is 13.3 Å². The van der Waals surface area contributed by atoms with Gasteiger partial charge in [-0.05, 0) is 30.7 Å². The zero-order chi connectivity index (χ0) is 17.1. The summed E-state index contributed by atoms with van der Waals surface area (Å²) in [5.74, 6) is -1.29. The Morgan fingerprint density at radius 2 is 1.70 bits per heavy atom. The third kappa shape index (κ3) is 8.62. The number of rotatable bonds is 7. The number of esters is 1. The van der Waals surface area contributed by atoms with Crippen molar-refractivity contribution in [3.63, 3.8) is 0 Å². The van der Waals surface area contributed by atoms with Crippen LogP contribution in [0.2, 0.25) is 0 Å². The second-order valence-corrected chi connectivity index (χ2v) is 5.17. The first kappa shape index (κ1) is 18.7. The van der Waals surface area contributed by atoms with Crippen molar-refractivity contribution in [3.8, 4) is 5.75 Å². The molecule has 0 bridgehead atoms. The highest BCUT2D eigenvalue weighted by Gasteiger charge is 2.07. The van der Waals surface area contributed by atoms with E-state index >= 15 is 0 Å². The summed E-state index contributed by atoms with van der Waals surface area (Å²) in [6.45, 7) is 1.12. The van der Waals surface area contributed by atoms with Gasteiger partial charge in [0.2, 0.25) is 0 Å². The second-order valence-electron chi connectivity index (χ2n) is 4.26. The van der Waals surface area contributed by atoms with Crippen LogP contribution in [0, 0.1) is 0 Å². The fourth-order valence-electron chi connectivity index (χ4n) is 1.29. The molecule has 2 amide bonds. The average Bonchev–Trinajstić information content (AvgIpc) is 2.55. The topological polar surface area (TPSA) is 93.7 Å². The molecule has 2 N–H and O–H groups in total. The molecule has 124 valence electrons. The van der Waals surface area contributed by atoms with Gasteiger partial charge < -0.3 is 9.47 Å². The molecule has 0 aliphatic rings. The van der Waals surface area contributed by atoms with E-state index in [1.165, 1.54) is 6.08 Å². The molecule has 0 aromatic heterocycles. The lowest BCUT2D eigenvalue weighted by Crippen LogP contribution is -2.45. The molecular formula is C15H17BrN2O5. The summed E-state index contributed by atoms with van der Waals surface area (Å²) in [7, 11) is 0. The Bertz CT molecular complexity index is 572. The number of hydrogen-bond donors (Lipinski definition) is 2. The van der Waals surface area contributed by atoms with Crippen LogP contribution in [-0.2, 0) is 19.1 Å². The van der Waals surface area contributed by atoms with Gasteiger partial charge in [0.1, 0.15) is 5.75 Å². The third-order valence-corrected chi connectivity index (χ3v) is 2.89. The highest BCUT2D eigenvalue weighted by Crippen LogP contribution is 2.15. The summed E-state index contributed by atoms with van der Waals surface area (Å²) in [5.41, 5.74) is 4.26. The monoisotopic (exact) mass is 384 g/mol. The minimum absolute atomic E-state index is 0.263. The molecule has 23 heavy (non-hydrogen) atoms. The maximum atomic E-state index is 11.5. The van der Waals surface area contributed by atoms with E-state index in [1.54, 1.807) is 30.3 Å². The fraction of sp³-hybridized carbons (Fsp3) is 0.267. The van der Waals surface area contributed by atoms with Crippen molar-refractivity contribution in [2.45, 2.75) is 13.3 Å². The quantitative estimate of drug-likeness (QED) is 0.421. The van der Waals surface area contributed by atoms with Crippen LogP contribution in [-0.4, -0.2) is 31.0 Å². The number of allylic oxidation sites excluding steroid dienone is 1. The Morgan fingerprint density at radius 3 is 2.30 bits per heavy atom. The molecule has 7 nitrogen and oxygen atoms in total. The van der Waals surface area contributed by atoms with Crippen LogP contribution in [0.15, 0.2) is 40.9 Å². The lowest BCUT2D eigenvalue weighted by molar-refractivity contribution is -0.144. The van der Waals surface area contributed by atoms with Crippen molar-refractivity contribution in [2.24, 2.45) is 0 Å². The molecule has 0 unspecified atom stereocenters. The molecule has 0 saturated heterocycles. The number of nitrogens with one attached hydrogen (secondary N) is 2. The van der Waals surface area contributed by atoms with Gasteiger partial charge in [-0.1, -0.05) is 28.9 Å². The number of halogens is 1. The van der Waals surface area contributed by atoms with E-state index in [9.17, 15) is 14.4 Å². The van der Waals surface area contributed by atoms with Gasteiger partial charge in [0.25, 0.3) is 11.8 Å². The molecule has 0 spiro atoms. The Balaban J connectivity index is 2.19. The minimum atomic E-state index is -0.653. The van der Waals surface area contributed by atoms with E-state index in [-0.39, 0.29) is 6.61 Å². The van der Waals surface area contributed by atoms with Crippen LogP contribution < -0.4 is 15.6 Å². The molecule has 0 aliphatic heterocycles.